The second kappa shape index (κ2) is 6.92. The molecule has 0 fully saturated rings. The molecule has 4 heteroatoms. The first-order chi connectivity index (χ1) is 8.88. The van der Waals surface area contributed by atoms with Crippen LogP contribution < -0.4 is 5.32 Å². The summed E-state index contributed by atoms with van der Waals surface area (Å²) in [4.78, 5) is 22.9. The monoisotopic (exact) mass is 263 g/mol. The highest BCUT2D eigenvalue weighted by Crippen LogP contribution is 2.07. The summed E-state index contributed by atoms with van der Waals surface area (Å²) in [7, 11) is 0. The fraction of sp³-hybridized carbons (Fsp3) is 0.467. The minimum Gasteiger partial charge on any atom is -0.480 e. The zero-order valence-corrected chi connectivity index (χ0v) is 11.6. The van der Waals surface area contributed by atoms with Crippen molar-refractivity contribution in [1.29, 1.82) is 0 Å². The van der Waals surface area contributed by atoms with Gasteiger partial charge in [0.15, 0.2) is 0 Å². The van der Waals surface area contributed by atoms with Crippen molar-refractivity contribution in [3.63, 3.8) is 0 Å². The lowest BCUT2D eigenvalue weighted by atomic mass is 10.0. The number of carbonyl (C=O) groups is 2. The number of rotatable bonds is 6. The zero-order chi connectivity index (χ0) is 14.4. The summed E-state index contributed by atoms with van der Waals surface area (Å²) in [6.45, 7) is 5.84. The topological polar surface area (TPSA) is 66.4 Å². The number of carboxylic acids is 1. The van der Waals surface area contributed by atoms with Crippen LogP contribution in [0.4, 0.5) is 0 Å². The van der Waals surface area contributed by atoms with E-state index in [0.29, 0.717) is 6.42 Å². The number of benzene rings is 1. The molecule has 0 aliphatic rings. The van der Waals surface area contributed by atoms with Gasteiger partial charge in [0.05, 0.1) is 6.42 Å². The number of amides is 1. The smallest absolute Gasteiger partial charge is 0.326 e. The van der Waals surface area contributed by atoms with Crippen LogP contribution in [0.3, 0.4) is 0 Å². The molecule has 1 amide bonds. The Kier molecular flexibility index (Phi) is 5.55. The Morgan fingerprint density at radius 2 is 1.79 bits per heavy atom. The van der Waals surface area contributed by atoms with Gasteiger partial charge in [-0.25, -0.2) is 4.79 Å². The Hall–Kier alpha value is -1.84. The summed E-state index contributed by atoms with van der Waals surface area (Å²) in [5.74, 6) is -1.01. The van der Waals surface area contributed by atoms with Gasteiger partial charge in [0.2, 0.25) is 5.91 Å². The highest BCUT2D eigenvalue weighted by molar-refractivity contribution is 5.84. The van der Waals surface area contributed by atoms with Gasteiger partial charge in [-0.3, -0.25) is 4.79 Å². The number of aryl methyl sites for hydroxylation is 1. The van der Waals surface area contributed by atoms with Gasteiger partial charge in [-0.15, -0.1) is 0 Å². The molecule has 2 N–H and O–H groups in total. The Balaban J connectivity index is 2.57. The maximum absolute atomic E-state index is 11.8. The van der Waals surface area contributed by atoms with E-state index in [4.69, 9.17) is 5.11 Å². The van der Waals surface area contributed by atoms with E-state index in [1.807, 2.05) is 45.0 Å². The minimum atomic E-state index is -0.981. The summed E-state index contributed by atoms with van der Waals surface area (Å²) in [5.41, 5.74) is 2.02. The highest BCUT2D eigenvalue weighted by atomic mass is 16.4. The van der Waals surface area contributed by atoms with Crippen molar-refractivity contribution in [2.45, 2.75) is 39.7 Å². The molecule has 0 bridgehead atoms. The van der Waals surface area contributed by atoms with Gasteiger partial charge in [0.25, 0.3) is 0 Å². The molecule has 0 aliphatic carbocycles. The highest BCUT2D eigenvalue weighted by Gasteiger charge is 2.20. The Bertz CT molecular complexity index is 437. The maximum atomic E-state index is 11.8. The third-order valence-corrected chi connectivity index (χ3v) is 2.83. The molecule has 1 atom stereocenters. The van der Waals surface area contributed by atoms with E-state index < -0.39 is 12.0 Å². The molecule has 0 aliphatic heterocycles. The third kappa shape index (κ3) is 5.55. The summed E-state index contributed by atoms with van der Waals surface area (Å²) in [6, 6.07) is 6.83. The molecule has 104 valence electrons. The van der Waals surface area contributed by atoms with Gasteiger partial charge >= 0.3 is 5.97 Å². The Labute approximate surface area is 113 Å². The number of nitrogens with one attached hydrogen (secondary N) is 1. The van der Waals surface area contributed by atoms with E-state index in [0.717, 1.165) is 11.1 Å². The van der Waals surface area contributed by atoms with E-state index in [1.54, 1.807) is 0 Å². The average molecular weight is 263 g/mol. The summed E-state index contributed by atoms with van der Waals surface area (Å²) < 4.78 is 0. The van der Waals surface area contributed by atoms with Crippen LogP contribution in [-0.4, -0.2) is 23.0 Å². The number of carbonyl (C=O) groups excluding carboxylic acids is 1. The summed E-state index contributed by atoms with van der Waals surface area (Å²) >= 11 is 0. The van der Waals surface area contributed by atoms with Crippen LogP contribution in [0.2, 0.25) is 0 Å². The molecule has 1 aromatic carbocycles. The second-order valence-electron chi connectivity index (χ2n) is 5.25. The number of aliphatic carboxylic acids is 1. The van der Waals surface area contributed by atoms with Crippen LogP contribution in [0, 0.1) is 12.8 Å². The second-order valence-corrected chi connectivity index (χ2v) is 5.25. The standard InChI is InChI=1S/C15H21NO3/c1-10(2)8-13(15(18)19)16-14(17)9-12-6-4-11(3)5-7-12/h4-7,10,13H,8-9H2,1-3H3,(H,16,17)(H,18,19)/t13-/m1/s1. The van der Waals surface area contributed by atoms with E-state index in [1.165, 1.54) is 0 Å². The van der Waals surface area contributed by atoms with Gasteiger partial charge < -0.3 is 10.4 Å². The van der Waals surface area contributed by atoms with Crippen molar-refractivity contribution in [3.8, 4) is 0 Å². The fourth-order valence-corrected chi connectivity index (χ4v) is 1.83. The zero-order valence-electron chi connectivity index (χ0n) is 11.6. The molecule has 0 heterocycles. The van der Waals surface area contributed by atoms with Gasteiger partial charge in [0, 0.05) is 0 Å². The largest absolute Gasteiger partial charge is 0.480 e. The van der Waals surface area contributed by atoms with Crippen molar-refractivity contribution >= 4 is 11.9 Å². The first-order valence-electron chi connectivity index (χ1n) is 6.46. The molecule has 0 spiro atoms. The normalized spacial score (nSPS) is 12.2. The first-order valence-corrected chi connectivity index (χ1v) is 6.46. The van der Waals surface area contributed by atoms with E-state index in [9.17, 15) is 9.59 Å². The lowest BCUT2D eigenvalue weighted by molar-refractivity contribution is -0.142. The first kappa shape index (κ1) is 15.2. The third-order valence-electron chi connectivity index (χ3n) is 2.83. The van der Waals surface area contributed by atoms with Crippen LogP contribution in [-0.2, 0) is 16.0 Å². The number of hydrogen-bond acceptors (Lipinski definition) is 2. The van der Waals surface area contributed by atoms with Crippen LogP contribution >= 0.6 is 0 Å². The van der Waals surface area contributed by atoms with Crippen LogP contribution in [0.5, 0.6) is 0 Å². The number of hydrogen-bond donors (Lipinski definition) is 2. The van der Waals surface area contributed by atoms with Crippen LogP contribution in [0.25, 0.3) is 0 Å². The molecule has 1 aromatic rings. The molecule has 0 saturated carbocycles. The quantitative estimate of drug-likeness (QED) is 0.826. The van der Waals surface area contributed by atoms with Gasteiger partial charge in [-0.1, -0.05) is 43.7 Å². The Morgan fingerprint density at radius 1 is 1.21 bits per heavy atom. The van der Waals surface area contributed by atoms with Gasteiger partial charge in [-0.05, 0) is 24.8 Å². The average Bonchev–Trinajstić information content (AvgIpc) is 2.30. The lowest BCUT2D eigenvalue weighted by Gasteiger charge is -2.16. The predicted octanol–water partition coefficient (Wildman–Crippen LogP) is 2.15. The van der Waals surface area contributed by atoms with Gasteiger partial charge in [-0.2, -0.15) is 0 Å². The van der Waals surface area contributed by atoms with Crippen LogP contribution in [0.15, 0.2) is 24.3 Å². The lowest BCUT2D eigenvalue weighted by Crippen LogP contribution is -2.42. The SMILES string of the molecule is Cc1ccc(CC(=O)N[C@H](CC(C)C)C(=O)O)cc1. The molecule has 0 aromatic heterocycles. The van der Waals surface area contributed by atoms with Gasteiger partial charge in [0.1, 0.15) is 6.04 Å². The summed E-state index contributed by atoms with van der Waals surface area (Å²) in [6.07, 6.45) is 0.650. The molecule has 0 saturated heterocycles. The van der Waals surface area contributed by atoms with Crippen molar-refractivity contribution in [2.75, 3.05) is 0 Å². The van der Waals surface area contributed by atoms with Crippen molar-refractivity contribution in [1.82, 2.24) is 5.32 Å². The maximum Gasteiger partial charge on any atom is 0.326 e. The fourth-order valence-electron chi connectivity index (χ4n) is 1.83. The van der Waals surface area contributed by atoms with Crippen LogP contribution in [0.1, 0.15) is 31.4 Å². The van der Waals surface area contributed by atoms with E-state index >= 15 is 0 Å². The van der Waals surface area contributed by atoms with Crippen molar-refractivity contribution in [2.24, 2.45) is 5.92 Å². The number of carboxylic acid groups (broad SMARTS) is 1. The molecule has 19 heavy (non-hydrogen) atoms. The molecular weight excluding hydrogens is 242 g/mol. The van der Waals surface area contributed by atoms with Crippen molar-refractivity contribution < 1.29 is 14.7 Å². The molecule has 4 nitrogen and oxygen atoms in total. The Morgan fingerprint density at radius 3 is 2.26 bits per heavy atom. The van der Waals surface area contributed by atoms with E-state index in [-0.39, 0.29) is 18.2 Å². The van der Waals surface area contributed by atoms with Crippen molar-refractivity contribution in [3.05, 3.63) is 35.4 Å². The van der Waals surface area contributed by atoms with E-state index in [2.05, 4.69) is 5.32 Å². The molecule has 0 radical (unpaired) electrons. The summed E-state index contributed by atoms with van der Waals surface area (Å²) in [5, 5.41) is 11.6. The molecule has 0 unspecified atom stereocenters. The molecular formula is C15H21NO3. The molecule has 1 rings (SSSR count). The predicted molar refractivity (Wildman–Crippen MR) is 73.9 cm³/mol. The minimum absolute atomic E-state index is 0.210.